The summed E-state index contributed by atoms with van der Waals surface area (Å²) in [5.74, 6) is 0.581. The quantitative estimate of drug-likeness (QED) is 0.801. The lowest BCUT2D eigenvalue weighted by Gasteiger charge is -2.25. The molecule has 0 bridgehead atoms. The third kappa shape index (κ3) is 1.79. The predicted octanol–water partition coefficient (Wildman–Crippen LogP) is 0.855. The molecule has 4 nitrogen and oxygen atoms in total. The Labute approximate surface area is 91.1 Å². The molecule has 2 unspecified atom stereocenters. The van der Waals surface area contributed by atoms with Crippen LogP contribution in [0.3, 0.4) is 0 Å². The minimum absolute atomic E-state index is 0.456. The van der Waals surface area contributed by atoms with Gasteiger partial charge in [-0.05, 0) is 39.4 Å². The summed E-state index contributed by atoms with van der Waals surface area (Å²) < 4.78 is 2.22. The van der Waals surface area contributed by atoms with E-state index in [2.05, 4.69) is 28.4 Å². The molecule has 1 aromatic rings. The van der Waals surface area contributed by atoms with E-state index in [9.17, 15) is 0 Å². The Balaban J connectivity index is 2.27. The topological polar surface area (TPSA) is 47.1 Å². The summed E-state index contributed by atoms with van der Waals surface area (Å²) in [4.78, 5) is 6.63. The van der Waals surface area contributed by atoms with Gasteiger partial charge in [0.1, 0.15) is 0 Å². The minimum atomic E-state index is 0.456. The Hall–Kier alpha value is -0.870. The summed E-state index contributed by atoms with van der Waals surface area (Å²) in [6.45, 7) is 5.04. The molecule has 0 spiro atoms. The second kappa shape index (κ2) is 4.33. The zero-order chi connectivity index (χ0) is 10.8. The van der Waals surface area contributed by atoms with E-state index < -0.39 is 0 Å². The summed E-state index contributed by atoms with van der Waals surface area (Å²) in [7, 11) is 2.17. The summed E-state index contributed by atoms with van der Waals surface area (Å²) in [5, 5.41) is 0. The highest BCUT2D eigenvalue weighted by molar-refractivity contribution is 5.10. The Morgan fingerprint density at radius 3 is 3.07 bits per heavy atom. The Morgan fingerprint density at radius 2 is 2.40 bits per heavy atom. The van der Waals surface area contributed by atoms with Crippen LogP contribution in [0.5, 0.6) is 0 Å². The molecule has 0 aromatic carbocycles. The number of likely N-dealkylation sites (tertiary alicyclic amines) is 1. The first kappa shape index (κ1) is 10.6. The van der Waals surface area contributed by atoms with Crippen LogP contribution in [-0.4, -0.2) is 34.6 Å². The van der Waals surface area contributed by atoms with E-state index in [4.69, 9.17) is 5.73 Å². The molecule has 1 aliphatic heterocycles. The first-order valence-corrected chi connectivity index (χ1v) is 5.68. The van der Waals surface area contributed by atoms with Gasteiger partial charge in [0.05, 0.1) is 18.1 Å². The van der Waals surface area contributed by atoms with Gasteiger partial charge in [0.25, 0.3) is 0 Å². The number of nitrogens with zero attached hydrogens (tertiary/aromatic N) is 3. The molecular weight excluding hydrogens is 188 g/mol. The summed E-state index contributed by atoms with van der Waals surface area (Å²) in [5.41, 5.74) is 7.14. The number of aromatic nitrogens is 2. The van der Waals surface area contributed by atoms with Crippen molar-refractivity contribution in [2.24, 2.45) is 11.7 Å². The van der Waals surface area contributed by atoms with Crippen LogP contribution in [0.25, 0.3) is 0 Å². The van der Waals surface area contributed by atoms with Crippen LogP contribution >= 0.6 is 0 Å². The van der Waals surface area contributed by atoms with Crippen molar-refractivity contribution in [3.8, 4) is 0 Å². The molecule has 1 aliphatic rings. The predicted molar refractivity (Wildman–Crippen MR) is 60.4 cm³/mol. The van der Waals surface area contributed by atoms with E-state index in [0.29, 0.717) is 12.0 Å². The fourth-order valence-electron chi connectivity index (χ4n) is 2.58. The zero-order valence-electron chi connectivity index (χ0n) is 9.56. The van der Waals surface area contributed by atoms with Crippen LogP contribution in [0.4, 0.5) is 0 Å². The lowest BCUT2D eigenvalue weighted by Crippen LogP contribution is -2.27. The lowest BCUT2D eigenvalue weighted by atomic mass is 9.98. The monoisotopic (exact) mass is 208 g/mol. The molecular formula is C11H20N4. The molecule has 1 aromatic heterocycles. The van der Waals surface area contributed by atoms with Crippen molar-refractivity contribution < 1.29 is 0 Å². The third-order valence-electron chi connectivity index (χ3n) is 3.46. The average Bonchev–Trinajstić information content (AvgIpc) is 2.82. The van der Waals surface area contributed by atoms with Crippen molar-refractivity contribution in [2.75, 3.05) is 20.1 Å². The number of hydrogen-bond donors (Lipinski definition) is 1. The van der Waals surface area contributed by atoms with Crippen molar-refractivity contribution in [3.05, 3.63) is 18.2 Å². The molecule has 1 saturated heterocycles. The third-order valence-corrected chi connectivity index (χ3v) is 3.46. The van der Waals surface area contributed by atoms with Gasteiger partial charge in [-0.15, -0.1) is 0 Å². The van der Waals surface area contributed by atoms with E-state index in [1.807, 2.05) is 12.5 Å². The van der Waals surface area contributed by atoms with Crippen LogP contribution in [0.2, 0.25) is 0 Å². The molecule has 84 valence electrons. The molecule has 0 aliphatic carbocycles. The summed E-state index contributed by atoms with van der Waals surface area (Å²) in [6, 6.07) is 0.456. The number of nitrogens with two attached hydrogens (primary N) is 1. The summed E-state index contributed by atoms with van der Waals surface area (Å²) in [6.07, 6.45) is 5.10. The molecule has 0 saturated carbocycles. The van der Waals surface area contributed by atoms with Crippen molar-refractivity contribution in [1.82, 2.24) is 14.5 Å². The van der Waals surface area contributed by atoms with E-state index >= 15 is 0 Å². The van der Waals surface area contributed by atoms with Crippen LogP contribution in [-0.2, 0) is 6.54 Å². The highest BCUT2D eigenvalue weighted by Gasteiger charge is 2.33. The SMILES string of the molecule is CCn1cncc1C1C(CN)CCN1C. The maximum absolute atomic E-state index is 5.83. The van der Waals surface area contributed by atoms with E-state index in [-0.39, 0.29) is 0 Å². The van der Waals surface area contributed by atoms with Crippen molar-refractivity contribution in [2.45, 2.75) is 25.9 Å². The van der Waals surface area contributed by atoms with E-state index in [0.717, 1.165) is 19.6 Å². The van der Waals surface area contributed by atoms with Gasteiger partial charge in [-0.25, -0.2) is 4.98 Å². The fourth-order valence-corrected chi connectivity index (χ4v) is 2.58. The second-order valence-corrected chi connectivity index (χ2v) is 4.31. The number of hydrogen-bond acceptors (Lipinski definition) is 3. The molecule has 1 fully saturated rings. The van der Waals surface area contributed by atoms with Gasteiger partial charge in [0.2, 0.25) is 0 Å². The highest BCUT2D eigenvalue weighted by Crippen LogP contribution is 2.35. The molecule has 2 atom stereocenters. The number of rotatable bonds is 3. The van der Waals surface area contributed by atoms with Gasteiger partial charge in [-0.3, -0.25) is 4.90 Å². The molecule has 0 amide bonds. The average molecular weight is 208 g/mol. The smallest absolute Gasteiger partial charge is 0.0948 e. The van der Waals surface area contributed by atoms with Crippen molar-refractivity contribution >= 4 is 0 Å². The Morgan fingerprint density at radius 1 is 1.60 bits per heavy atom. The highest BCUT2D eigenvalue weighted by atomic mass is 15.2. The van der Waals surface area contributed by atoms with E-state index in [1.165, 1.54) is 12.1 Å². The molecule has 15 heavy (non-hydrogen) atoms. The van der Waals surface area contributed by atoms with Crippen LogP contribution in [0, 0.1) is 5.92 Å². The largest absolute Gasteiger partial charge is 0.333 e. The van der Waals surface area contributed by atoms with E-state index in [1.54, 1.807) is 0 Å². The molecule has 4 heteroatoms. The standard InChI is InChI=1S/C11H20N4/c1-3-15-8-13-7-10(15)11-9(6-12)4-5-14(11)2/h7-9,11H,3-6,12H2,1-2H3. The van der Waals surface area contributed by atoms with Crippen LogP contribution in [0.1, 0.15) is 25.1 Å². The maximum atomic E-state index is 5.83. The van der Waals surface area contributed by atoms with Crippen LogP contribution in [0.15, 0.2) is 12.5 Å². The molecule has 2 N–H and O–H groups in total. The van der Waals surface area contributed by atoms with Gasteiger partial charge in [0, 0.05) is 12.7 Å². The van der Waals surface area contributed by atoms with Crippen LogP contribution < -0.4 is 5.73 Å². The van der Waals surface area contributed by atoms with Gasteiger partial charge in [0.15, 0.2) is 0 Å². The molecule has 2 heterocycles. The van der Waals surface area contributed by atoms with Gasteiger partial charge in [-0.2, -0.15) is 0 Å². The summed E-state index contributed by atoms with van der Waals surface area (Å²) >= 11 is 0. The second-order valence-electron chi connectivity index (χ2n) is 4.31. The van der Waals surface area contributed by atoms with Gasteiger partial charge >= 0.3 is 0 Å². The van der Waals surface area contributed by atoms with Gasteiger partial charge < -0.3 is 10.3 Å². The lowest BCUT2D eigenvalue weighted by molar-refractivity contribution is 0.267. The first-order chi connectivity index (χ1) is 7.27. The molecule has 0 radical (unpaired) electrons. The Bertz CT molecular complexity index is 320. The first-order valence-electron chi connectivity index (χ1n) is 5.68. The number of imidazole rings is 1. The normalized spacial score (nSPS) is 27.4. The molecule has 2 rings (SSSR count). The Kier molecular flexibility index (Phi) is 3.07. The zero-order valence-corrected chi connectivity index (χ0v) is 9.56. The fraction of sp³-hybridized carbons (Fsp3) is 0.727. The maximum Gasteiger partial charge on any atom is 0.0948 e. The number of aryl methyl sites for hydroxylation is 1. The van der Waals surface area contributed by atoms with Crippen molar-refractivity contribution in [1.29, 1.82) is 0 Å². The van der Waals surface area contributed by atoms with Gasteiger partial charge in [-0.1, -0.05) is 0 Å². The minimum Gasteiger partial charge on any atom is -0.333 e. The van der Waals surface area contributed by atoms with Crippen molar-refractivity contribution in [3.63, 3.8) is 0 Å².